The molecule has 0 aliphatic rings. The second kappa shape index (κ2) is 15.8. The Kier molecular flexibility index (Phi) is 49.6. The molecule has 0 atom stereocenters. The maximum atomic E-state index is 8.28. The van der Waals surface area contributed by atoms with Crippen LogP contribution in [0.5, 0.6) is 0 Å². The second-order valence-corrected chi connectivity index (χ2v) is 0.207. The largest absolute Gasteiger partial charge is 0 e. The molecule has 0 saturated carbocycles. The van der Waals surface area contributed by atoms with E-state index in [1.807, 2.05) is 0 Å². The van der Waals surface area contributed by atoms with E-state index >= 15 is 0 Å². The van der Waals surface area contributed by atoms with Gasteiger partial charge in [0.05, 0.1) is 0 Å². The quantitative estimate of drug-likeness (QED) is 0.527. The normalized spacial score (nSPS) is 4.00. The molecular formula is H2BaCuO2Y. The van der Waals surface area contributed by atoms with Crippen molar-refractivity contribution in [2.75, 3.05) is 0 Å². The first-order valence-corrected chi connectivity index (χ1v) is 1.02. The summed E-state index contributed by atoms with van der Waals surface area (Å²) in [6.45, 7) is 0. The summed E-state index contributed by atoms with van der Waals surface area (Å²) in [6.07, 6.45) is 0. The van der Waals surface area contributed by atoms with E-state index < -0.39 is 14.8 Å². The molecule has 0 fully saturated rings. The summed E-state index contributed by atoms with van der Waals surface area (Å²) >= 11 is -0.688. The topological polar surface area (TPSA) is 34.1 Å². The summed E-state index contributed by atoms with van der Waals surface area (Å²) in [7, 11) is 0. The predicted octanol–water partition coefficient (Wildman–Crippen LogP) is -1.16. The molecule has 0 aliphatic heterocycles. The van der Waals surface area contributed by atoms with Crippen molar-refractivity contribution in [2.45, 2.75) is 0 Å². The van der Waals surface area contributed by atoms with E-state index in [1.165, 1.54) is 0 Å². The zero-order valence-electron chi connectivity index (χ0n) is 1.70. The smallest absolute Gasteiger partial charge is 0 e. The van der Waals surface area contributed by atoms with E-state index in [1.54, 1.807) is 0 Å². The van der Waals surface area contributed by atoms with Crippen LogP contribution in [0.1, 0.15) is 0 Å². The molecule has 0 rings (SSSR count). The van der Waals surface area contributed by atoms with Gasteiger partial charge in [-0.15, -0.1) is 0 Å². The van der Waals surface area contributed by atoms with Crippen molar-refractivity contribution >= 4 is 48.9 Å². The molecule has 0 unspecified atom stereocenters. The standard InChI is InChI=1S/Ba.Cu.2O.Y.2H. The Hall–Kier alpha value is 2.79. The molecule has 0 N–H and O–H groups in total. The molecule has 2 nitrogen and oxygen atoms in total. The second-order valence-electron chi connectivity index (χ2n) is 0.0503. The van der Waals surface area contributed by atoms with E-state index in [-0.39, 0.29) is 81.6 Å². The first-order chi connectivity index (χ1) is 1.41. The van der Waals surface area contributed by atoms with Crippen LogP contribution in [0.2, 0.25) is 0 Å². The Morgan fingerprint density at radius 1 is 1.20 bits per heavy atom. The van der Waals surface area contributed by atoms with Crippen molar-refractivity contribution in [2.24, 2.45) is 0 Å². The Labute approximate surface area is 101 Å². The van der Waals surface area contributed by atoms with Crippen molar-refractivity contribution < 1.29 is 55.2 Å². The third-order valence-electron chi connectivity index (χ3n) is 0. The van der Waals surface area contributed by atoms with Crippen molar-refractivity contribution in [3.05, 3.63) is 0 Å². The third kappa shape index (κ3) is 20.0. The molecule has 0 saturated heterocycles. The van der Waals surface area contributed by atoms with Crippen LogP contribution in [0.3, 0.4) is 0 Å². The van der Waals surface area contributed by atoms with Crippen molar-refractivity contribution in [1.82, 2.24) is 0 Å². The van der Waals surface area contributed by atoms with E-state index in [4.69, 9.17) is 7.67 Å². The molecule has 5 heavy (non-hydrogen) atoms. The van der Waals surface area contributed by atoms with Crippen molar-refractivity contribution in [1.29, 1.82) is 0 Å². The zero-order valence-corrected chi connectivity index (χ0v) is 5.48. The van der Waals surface area contributed by atoms with Crippen LogP contribution in [-0.4, -0.2) is 48.9 Å². The van der Waals surface area contributed by atoms with Gasteiger partial charge in [-0.05, 0) is 0 Å². The van der Waals surface area contributed by atoms with Crippen molar-refractivity contribution in [3.63, 3.8) is 0 Å². The fraction of sp³-hybridized carbons (Fsp3) is 0. The molecule has 0 amide bonds. The van der Waals surface area contributed by atoms with Gasteiger partial charge in [-0.3, -0.25) is 0 Å². The summed E-state index contributed by atoms with van der Waals surface area (Å²) in [4.78, 5) is 0. The Bertz CT molecular complexity index is 30.6. The van der Waals surface area contributed by atoms with E-state index in [2.05, 4.69) is 0 Å². The molecule has 0 spiro atoms. The van der Waals surface area contributed by atoms with E-state index in [0.29, 0.717) is 0 Å². The average molecular weight is 324 g/mol. The summed E-state index contributed by atoms with van der Waals surface area (Å²) in [5.41, 5.74) is 0. The fourth-order valence-electron chi connectivity index (χ4n) is 0. The van der Waals surface area contributed by atoms with Gasteiger partial charge in [0.15, 0.2) is 0 Å². The molecular weight excluding hydrogens is 322 g/mol. The molecule has 0 aromatic rings. The summed E-state index contributed by atoms with van der Waals surface area (Å²) in [5, 5.41) is 0. The molecule has 30 valence electrons. The van der Waals surface area contributed by atoms with E-state index in [0.717, 1.165) is 0 Å². The minimum Gasteiger partial charge on any atom is 0 e. The third-order valence-corrected chi connectivity index (χ3v) is 0. The fourth-order valence-corrected chi connectivity index (χ4v) is 0. The molecule has 0 aromatic carbocycles. The van der Waals surface area contributed by atoms with Crippen molar-refractivity contribution in [3.8, 4) is 0 Å². The Balaban J connectivity index is -0.0000000200. The van der Waals surface area contributed by atoms with Crippen LogP contribution in [-0.2, 0) is 55.2 Å². The van der Waals surface area contributed by atoms with Gasteiger partial charge in [-0.25, -0.2) is 0 Å². The number of rotatable bonds is 0. The first kappa shape index (κ1) is 15.7. The maximum Gasteiger partial charge on any atom is 0 e. The summed E-state index contributed by atoms with van der Waals surface area (Å²) < 4.78 is 16.6. The Morgan fingerprint density at radius 2 is 1.20 bits per heavy atom. The SMILES string of the molecule is [BaH2].[O]=[Cu]=[O].[Y]. The van der Waals surface area contributed by atoms with Gasteiger partial charge in [0.2, 0.25) is 0 Å². The first-order valence-electron chi connectivity index (χ1n) is 0.246. The summed E-state index contributed by atoms with van der Waals surface area (Å²) in [5.74, 6) is 0. The zero-order chi connectivity index (χ0) is 2.71. The molecule has 1 radical (unpaired) electrons. The van der Waals surface area contributed by atoms with Gasteiger partial charge in [0.25, 0.3) is 0 Å². The van der Waals surface area contributed by atoms with E-state index in [9.17, 15) is 0 Å². The predicted molar refractivity (Wildman–Crippen MR) is 9.92 cm³/mol. The Morgan fingerprint density at radius 3 is 1.20 bits per heavy atom. The van der Waals surface area contributed by atoms with Crippen LogP contribution in [0.15, 0.2) is 0 Å². The molecule has 0 bridgehead atoms. The van der Waals surface area contributed by atoms with Gasteiger partial charge in [0, 0.05) is 32.7 Å². The van der Waals surface area contributed by atoms with Crippen LogP contribution in [0.25, 0.3) is 0 Å². The average Bonchev–Trinajstić information content (AvgIpc) is 0.918. The van der Waals surface area contributed by atoms with Crippen LogP contribution in [0.4, 0.5) is 0 Å². The van der Waals surface area contributed by atoms with Crippen LogP contribution in [0, 0.1) is 0 Å². The van der Waals surface area contributed by atoms with Gasteiger partial charge >= 0.3 is 71.4 Å². The van der Waals surface area contributed by atoms with Gasteiger partial charge in [-0.2, -0.15) is 0 Å². The molecule has 0 heterocycles. The molecule has 5 heteroatoms. The molecule has 0 aliphatic carbocycles. The number of hydrogen-bond donors (Lipinski definition) is 0. The monoisotopic (exact) mass is 324 g/mol. The number of hydrogen-bond acceptors (Lipinski definition) is 2. The minimum atomic E-state index is -0.688. The van der Waals surface area contributed by atoms with Crippen LogP contribution < -0.4 is 0 Å². The minimum absolute atomic E-state index is 0. The van der Waals surface area contributed by atoms with Crippen LogP contribution >= 0.6 is 0 Å². The molecule has 0 aromatic heterocycles. The van der Waals surface area contributed by atoms with Gasteiger partial charge in [-0.1, -0.05) is 0 Å². The van der Waals surface area contributed by atoms with Gasteiger partial charge in [0.1, 0.15) is 0 Å². The van der Waals surface area contributed by atoms with Gasteiger partial charge < -0.3 is 0 Å². The summed E-state index contributed by atoms with van der Waals surface area (Å²) in [6, 6.07) is 0. The maximum absolute atomic E-state index is 8.28.